The number of piperidine rings is 1. The van der Waals surface area contributed by atoms with E-state index in [4.69, 9.17) is 0 Å². The van der Waals surface area contributed by atoms with Gasteiger partial charge in [-0.05, 0) is 74.2 Å². The predicted octanol–water partition coefficient (Wildman–Crippen LogP) is 3.12. The maximum Gasteiger partial charge on any atom is 0.254 e. The fourth-order valence-corrected chi connectivity index (χ4v) is 5.23. The Balaban J connectivity index is 0.00000192. The van der Waals surface area contributed by atoms with Crippen LogP contribution >= 0.6 is 12.4 Å². The van der Waals surface area contributed by atoms with Gasteiger partial charge in [-0.3, -0.25) is 4.79 Å². The highest BCUT2D eigenvalue weighted by molar-refractivity contribution is 5.96. The molecule has 2 aromatic rings. The van der Waals surface area contributed by atoms with E-state index >= 15 is 0 Å². The summed E-state index contributed by atoms with van der Waals surface area (Å²) < 4.78 is 2.03. The maximum atomic E-state index is 13.7. The number of fused-ring (bicyclic) bond motifs is 1. The molecule has 1 unspecified atom stereocenters. The van der Waals surface area contributed by atoms with Gasteiger partial charge >= 0.3 is 0 Å². The number of aromatic nitrogens is 2. The fourth-order valence-electron chi connectivity index (χ4n) is 5.23. The molecule has 3 aliphatic rings. The van der Waals surface area contributed by atoms with Gasteiger partial charge in [0.25, 0.3) is 5.91 Å². The van der Waals surface area contributed by atoms with E-state index in [1.54, 1.807) is 0 Å². The highest BCUT2D eigenvalue weighted by Crippen LogP contribution is 2.56. The molecule has 1 saturated carbocycles. The number of amides is 1. The molecule has 2 aliphatic carbocycles. The minimum Gasteiger partial charge on any atom is -0.337 e. The van der Waals surface area contributed by atoms with Gasteiger partial charge in [0.2, 0.25) is 0 Å². The molecule has 1 atom stereocenters. The Morgan fingerprint density at radius 2 is 2.14 bits per heavy atom. The van der Waals surface area contributed by atoms with Crippen molar-refractivity contribution < 1.29 is 4.79 Å². The van der Waals surface area contributed by atoms with Crippen LogP contribution in [-0.2, 0) is 26.4 Å². The molecule has 150 valence electrons. The summed E-state index contributed by atoms with van der Waals surface area (Å²) >= 11 is 0. The summed E-state index contributed by atoms with van der Waals surface area (Å²) in [5.41, 5.74) is 3.90. The zero-order valence-electron chi connectivity index (χ0n) is 16.5. The smallest absolute Gasteiger partial charge is 0.254 e. The first-order valence-corrected chi connectivity index (χ1v) is 10.3. The molecule has 0 radical (unpaired) electrons. The third kappa shape index (κ3) is 3.25. The third-order valence-electron chi connectivity index (χ3n) is 6.99. The van der Waals surface area contributed by atoms with Crippen molar-refractivity contribution in [2.45, 2.75) is 51.1 Å². The Hall–Kier alpha value is -1.85. The van der Waals surface area contributed by atoms with E-state index in [1.807, 2.05) is 30.1 Å². The zero-order chi connectivity index (χ0) is 18.4. The monoisotopic (exact) mass is 400 g/mol. The standard InChI is InChI=1S/C22H28N4O.ClH/c1-25-13-12-24-20(25)15-26(19-14-22(19)8-10-23-11-9-22)21(27)18-7-3-5-16-4-2-6-17(16)18;/h3,5,7,12-13,19,23H,2,4,6,8-11,14-15H2,1H3;1H. The summed E-state index contributed by atoms with van der Waals surface area (Å²) in [6, 6.07) is 6.63. The van der Waals surface area contributed by atoms with E-state index in [2.05, 4.69) is 27.3 Å². The van der Waals surface area contributed by atoms with Crippen LogP contribution in [0, 0.1) is 5.41 Å². The van der Waals surface area contributed by atoms with Crippen LogP contribution in [0.3, 0.4) is 0 Å². The Bertz CT molecular complexity index is 871. The number of rotatable bonds is 4. The van der Waals surface area contributed by atoms with Crippen LogP contribution in [0.4, 0.5) is 0 Å². The van der Waals surface area contributed by atoms with Crippen molar-refractivity contribution in [1.29, 1.82) is 0 Å². The van der Waals surface area contributed by atoms with Crippen LogP contribution in [0.15, 0.2) is 30.6 Å². The number of nitrogens with one attached hydrogen (secondary N) is 1. The highest BCUT2D eigenvalue weighted by Gasteiger charge is 2.58. The summed E-state index contributed by atoms with van der Waals surface area (Å²) in [6.07, 6.45) is 10.6. The van der Waals surface area contributed by atoms with Gasteiger partial charge in [-0.15, -0.1) is 12.4 Å². The van der Waals surface area contributed by atoms with Gasteiger partial charge in [0, 0.05) is 31.0 Å². The largest absolute Gasteiger partial charge is 0.337 e. The van der Waals surface area contributed by atoms with E-state index in [0.717, 1.165) is 50.2 Å². The van der Waals surface area contributed by atoms with Gasteiger partial charge in [0.05, 0.1) is 6.54 Å². The van der Waals surface area contributed by atoms with E-state index in [-0.39, 0.29) is 18.3 Å². The lowest BCUT2D eigenvalue weighted by molar-refractivity contribution is 0.0684. The molecule has 1 aromatic heterocycles. The number of carbonyl (C=O) groups is 1. The van der Waals surface area contributed by atoms with Crippen LogP contribution in [0.25, 0.3) is 0 Å². The van der Waals surface area contributed by atoms with Crippen LogP contribution in [0.2, 0.25) is 0 Å². The molecular formula is C22H29ClN4O. The number of carbonyl (C=O) groups excluding carboxylic acids is 1. The molecular weight excluding hydrogens is 372 g/mol. The lowest BCUT2D eigenvalue weighted by atomic mass is 9.93. The lowest BCUT2D eigenvalue weighted by Crippen LogP contribution is -2.40. The number of imidazole rings is 1. The molecule has 1 aromatic carbocycles. The van der Waals surface area contributed by atoms with E-state index in [9.17, 15) is 4.79 Å². The van der Waals surface area contributed by atoms with Gasteiger partial charge in [0.15, 0.2) is 0 Å². The normalized spacial score (nSPS) is 21.8. The number of hydrogen-bond donors (Lipinski definition) is 1. The molecule has 0 bridgehead atoms. The van der Waals surface area contributed by atoms with E-state index < -0.39 is 0 Å². The molecule has 5 nitrogen and oxygen atoms in total. The molecule has 1 N–H and O–H groups in total. The van der Waals surface area contributed by atoms with Gasteiger partial charge in [0.1, 0.15) is 5.82 Å². The molecule has 5 rings (SSSR count). The molecule has 6 heteroatoms. The van der Waals surface area contributed by atoms with Crippen molar-refractivity contribution in [3.8, 4) is 0 Å². The number of nitrogens with zero attached hydrogens (tertiary/aromatic N) is 3. The molecule has 1 spiro atoms. The second kappa shape index (κ2) is 7.53. The van der Waals surface area contributed by atoms with Gasteiger partial charge in [-0.25, -0.2) is 4.98 Å². The lowest BCUT2D eigenvalue weighted by Gasteiger charge is -2.30. The first-order chi connectivity index (χ1) is 13.2. The fraction of sp³-hybridized carbons (Fsp3) is 0.545. The summed E-state index contributed by atoms with van der Waals surface area (Å²) in [5, 5.41) is 3.47. The predicted molar refractivity (Wildman–Crippen MR) is 112 cm³/mol. The third-order valence-corrected chi connectivity index (χ3v) is 6.99. The van der Waals surface area contributed by atoms with Crippen molar-refractivity contribution in [3.63, 3.8) is 0 Å². The second-order valence-electron chi connectivity index (χ2n) is 8.52. The van der Waals surface area contributed by atoms with Crippen LogP contribution in [0.1, 0.15) is 53.0 Å². The van der Waals surface area contributed by atoms with Crippen molar-refractivity contribution in [2.24, 2.45) is 12.5 Å². The Morgan fingerprint density at radius 3 is 2.89 bits per heavy atom. The van der Waals surface area contributed by atoms with Crippen molar-refractivity contribution in [2.75, 3.05) is 13.1 Å². The van der Waals surface area contributed by atoms with Crippen molar-refractivity contribution in [1.82, 2.24) is 19.8 Å². The molecule has 1 aliphatic heterocycles. The first-order valence-electron chi connectivity index (χ1n) is 10.3. The molecule has 28 heavy (non-hydrogen) atoms. The van der Waals surface area contributed by atoms with Crippen LogP contribution in [-0.4, -0.2) is 39.5 Å². The minimum absolute atomic E-state index is 0. The quantitative estimate of drug-likeness (QED) is 0.857. The van der Waals surface area contributed by atoms with Crippen LogP contribution < -0.4 is 5.32 Å². The summed E-state index contributed by atoms with van der Waals surface area (Å²) in [4.78, 5) is 20.4. The Labute approximate surface area is 172 Å². The van der Waals surface area contributed by atoms with Gasteiger partial charge < -0.3 is 14.8 Å². The second-order valence-corrected chi connectivity index (χ2v) is 8.52. The zero-order valence-corrected chi connectivity index (χ0v) is 17.3. The van der Waals surface area contributed by atoms with Crippen molar-refractivity contribution in [3.05, 3.63) is 53.1 Å². The molecule has 2 fully saturated rings. The Kier molecular flexibility index (Phi) is 5.23. The molecule has 1 saturated heterocycles. The number of halogens is 1. The number of hydrogen-bond acceptors (Lipinski definition) is 3. The SMILES string of the molecule is Cl.Cn1ccnc1CN(C(=O)c1cccc2c1CCC2)C1CC12CCNCC2. The average Bonchev–Trinajstić information content (AvgIpc) is 3.03. The number of benzene rings is 1. The topological polar surface area (TPSA) is 50.2 Å². The van der Waals surface area contributed by atoms with Gasteiger partial charge in [-0.1, -0.05) is 12.1 Å². The average molecular weight is 401 g/mol. The minimum atomic E-state index is 0. The first kappa shape index (κ1) is 19.5. The van der Waals surface area contributed by atoms with Gasteiger partial charge in [-0.2, -0.15) is 0 Å². The maximum absolute atomic E-state index is 13.7. The van der Waals surface area contributed by atoms with E-state index in [0.29, 0.717) is 18.0 Å². The summed E-state index contributed by atoms with van der Waals surface area (Å²) in [6.45, 7) is 2.75. The summed E-state index contributed by atoms with van der Waals surface area (Å²) in [7, 11) is 2.01. The van der Waals surface area contributed by atoms with Crippen LogP contribution in [0.5, 0.6) is 0 Å². The molecule has 2 heterocycles. The van der Waals surface area contributed by atoms with Crippen molar-refractivity contribution >= 4 is 18.3 Å². The van der Waals surface area contributed by atoms with E-state index in [1.165, 1.54) is 24.0 Å². The molecule has 1 amide bonds. The Morgan fingerprint density at radius 1 is 1.32 bits per heavy atom. The highest BCUT2D eigenvalue weighted by atomic mass is 35.5. The number of aryl methyl sites for hydroxylation is 2. The summed E-state index contributed by atoms with van der Waals surface area (Å²) in [5.74, 6) is 1.17.